The van der Waals surface area contributed by atoms with E-state index in [0.29, 0.717) is 21.0 Å². The predicted octanol–water partition coefficient (Wildman–Crippen LogP) is 2.32. The van der Waals surface area contributed by atoms with Crippen LogP contribution in [-0.4, -0.2) is 33.7 Å². The van der Waals surface area contributed by atoms with E-state index in [1.54, 1.807) is 28.7 Å². The molecular weight excluding hydrogens is 380 g/mol. The Morgan fingerprint density at radius 1 is 1.25 bits per heavy atom. The molecule has 0 saturated heterocycles. The van der Waals surface area contributed by atoms with Gasteiger partial charge in [0, 0.05) is 0 Å². The molecule has 0 aliphatic heterocycles. The minimum absolute atomic E-state index is 0.132. The molecule has 0 aliphatic carbocycles. The number of carboxylic acids is 1. The van der Waals surface area contributed by atoms with E-state index in [1.165, 1.54) is 25.4 Å². The number of benzene rings is 2. The minimum Gasteiger partial charge on any atom is -0.493 e. The number of para-hydroxylation sites is 2. The lowest BCUT2D eigenvalue weighted by atomic mass is 10.2. The molecule has 0 radical (unpaired) electrons. The van der Waals surface area contributed by atoms with Crippen molar-refractivity contribution >= 4 is 39.4 Å². The summed E-state index contributed by atoms with van der Waals surface area (Å²) >= 11 is 1.31. The third kappa shape index (κ3) is 3.07. The van der Waals surface area contributed by atoms with E-state index >= 15 is 0 Å². The Bertz CT molecular complexity index is 1310. The topological polar surface area (TPSA) is 90.1 Å². The second-order valence-corrected chi connectivity index (χ2v) is 7.15. The predicted molar refractivity (Wildman–Crippen MR) is 106 cm³/mol. The molecular formula is C20H16N2O5S. The number of carboxylic acid groups (broad SMARTS) is 1. The molecule has 142 valence electrons. The summed E-state index contributed by atoms with van der Waals surface area (Å²) in [5.74, 6) is -0.354. The Labute approximate surface area is 163 Å². The quantitative estimate of drug-likeness (QED) is 0.557. The first-order valence-electron chi connectivity index (χ1n) is 8.47. The van der Waals surface area contributed by atoms with Crippen molar-refractivity contribution in [2.75, 3.05) is 7.11 Å². The van der Waals surface area contributed by atoms with Crippen molar-refractivity contribution in [3.63, 3.8) is 0 Å². The first-order chi connectivity index (χ1) is 13.5. The molecule has 1 N–H and O–H groups in total. The Morgan fingerprint density at radius 3 is 2.79 bits per heavy atom. The van der Waals surface area contributed by atoms with Gasteiger partial charge in [0.2, 0.25) is 0 Å². The van der Waals surface area contributed by atoms with Gasteiger partial charge in [0.05, 0.1) is 22.7 Å². The lowest BCUT2D eigenvalue weighted by Crippen LogP contribution is -2.23. The van der Waals surface area contributed by atoms with E-state index in [-0.39, 0.29) is 5.56 Å². The molecule has 0 aliphatic rings. The van der Waals surface area contributed by atoms with Gasteiger partial charge >= 0.3 is 5.97 Å². The molecule has 2 aromatic heterocycles. The Morgan fingerprint density at radius 2 is 2.04 bits per heavy atom. The van der Waals surface area contributed by atoms with E-state index in [2.05, 4.69) is 4.98 Å². The zero-order chi connectivity index (χ0) is 19.8. The summed E-state index contributed by atoms with van der Waals surface area (Å²) in [4.78, 5) is 29.0. The number of carbonyl (C=O) groups is 1. The van der Waals surface area contributed by atoms with Crippen molar-refractivity contribution < 1.29 is 19.4 Å². The monoisotopic (exact) mass is 396 g/mol. The van der Waals surface area contributed by atoms with E-state index in [0.717, 1.165) is 16.6 Å². The van der Waals surface area contributed by atoms with Gasteiger partial charge in [-0.15, -0.1) is 0 Å². The van der Waals surface area contributed by atoms with Gasteiger partial charge in [-0.1, -0.05) is 29.5 Å². The molecule has 28 heavy (non-hydrogen) atoms. The summed E-state index contributed by atoms with van der Waals surface area (Å²) in [5, 5.41) is 9.00. The number of rotatable bonds is 5. The van der Waals surface area contributed by atoms with Gasteiger partial charge in [-0.25, -0.2) is 14.2 Å². The summed E-state index contributed by atoms with van der Waals surface area (Å²) in [5.41, 5.74) is 2.17. The number of aromatic nitrogens is 2. The Kier molecular flexibility index (Phi) is 4.48. The first-order valence-corrected chi connectivity index (χ1v) is 9.29. The number of nitrogens with zero attached hydrogens (tertiary/aromatic N) is 2. The fourth-order valence-corrected chi connectivity index (χ4v) is 3.86. The van der Waals surface area contributed by atoms with E-state index in [9.17, 15) is 9.59 Å². The maximum atomic E-state index is 12.8. The van der Waals surface area contributed by atoms with Crippen LogP contribution in [-0.2, 0) is 4.79 Å². The van der Waals surface area contributed by atoms with E-state index in [4.69, 9.17) is 14.6 Å². The highest BCUT2D eigenvalue weighted by Crippen LogP contribution is 2.29. The Balaban J connectivity index is 1.77. The fourth-order valence-electron chi connectivity index (χ4n) is 2.88. The zero-order valence-corrected chi connectivity index (χ0v) is 15.9. The number of ether oxygens (including phenoxy) is 2. The molecule has 8 heteroatoms. The van der Waals surface area contributed by atoms with Crippen LogP contribution in [0.1, 0.15) is 12.5 Å². The van der Waals surface area contributed by atoms with Crippen molar-refractivity contribution in [1.29, 1.82) is 0 Å². The molecule has 2 aromatic carbocycles. The van der Waals surface area contributed by atoms with Gasteiger partial charge in [-0.2, -0.15) is 0 Å². The van der Waals surface area contributed by atoms with E-state index < -0.39 is 12.1 Å². The molecule has 0 unspecified atom stereocenters. The third-order valence-corrected chi connectivity index (χ3v) is 5.25. The SMILES string of the molecule is COc1cc(/C=c2\sc3nc4ccccc4n3c2=O)ccc1O[C@H](C)C(=O)O. The number of hydrogen-bond donors (Lipinski definition) is 1. The van der Waals surface area contributed by atoms with Crippen LogP contribution in [0.2, 0.25) is 0 Å². The molecule has 1 atom stereocenters. The molecule has 4 rings (SSSR count). The molecule has 0 spiro atoms. The number of imidazole rings is 1. The number of methoxy groups -OCH3 is 1. The maximum Gasteiger partial charge on any atom is 0.344 e. The van der Waals surface area contributed by atoms with Crippen LogP contribution in [0, 0.1) is 0 Å². The summed E-state index contributed by atoms with van der Waals surface area (Å²) in [6.45, 7) is 1.44. The second kappa shape index (κ2) is 6.97. The smallest absolute Gasteiger partial charge is 0.344 e. The molecule has 0 amide bonds. The molecule has 0 saturated carbocycles. The van der Waals surface area contributed by atoms with Crippen LogP contribution < -0.4 is 19.6 Å². The molecule has 0 fully saturated rings. The van der Waals surface area contributed by atoms with Crippen LogP contribution in [0.25, 0.3) is 22.1 Å². The summed E-state index contributed by atoms with van der Waals surface area (Å²) in [7, 11) is 1.47. The van der Waals surface area contributed by atoms with Crippen LogP contribution in [0.15, 0.2) is 47.3 Å². The van der Waals surface area contributed by atoms with Gasteiger partial charge in [-0.05, 0) is 42.8 Å². The number of hydrogen-bond acceptors (Lipinski definition) is 6. The van der Waals surface area contributed by atoms with Crippen molar-refractivity contribution in [2.24, 2.45) is 0 Å². The highest BCUT2D eigenvalue weighted by molar-refractivity contribution is 7.15. The zero-order valence-electron chi connectivity index (χ0n) is 15.1. The molecule has 0 bridgehead atoms. The van der Waals surface area contributed by atoms with Crippen LogP contribution in [0.5, 0.6) is 11.5 Å². The van der Waals surface area contributed by atoms with Crippen molar-refractivity contribution in [2.45, 2.75) is 13.0 Å². The molecule has 7 nitrogen and oxygen atoms in total. The van der Waals surface area contributed by atoms with Gasteiger partial charge in [0.1, 0.15) is 0 Å². The number of aliphatic carboxylic acids is 1. The van der Waals surface area contributed by atoms with Crippen LogP contribution in [0.4, 0.5) is 0 Å². The number of thiazole rings is 1. The summed E-state index contributed by atoms with van der Waals surface area (Å²) in [6.07, 6.45) is 0.749. The maximum absolute atomic E-state index is 12.8. The van der Waals surface area contributed by atoms with Gasteiger partial charge in [0.15, 0.2) is 22.6 Å². The third-order valence-electron chi connectivity index (χ3n) is 4.28. The lowest BCUT2D eigenvalue weighted by Gasteiger charge is -2.14. The second-order valence-electron chi connectivity index (χ2n) is 6.14. The van der Waals surface area contributed by atoms with Gasteiger partial charge in [-0.3, -0.25) is 4.79 Å². The average Bonchev–Trinajstić information content (AvgIpc) is 3.19. The highest BCUT2D eigenvalue weighted by atomic mass is 32.1. The van der Waals surface area contributed by atoms with Gasteiger partial charge < -0.3 is 14.6 Å². The van der Waals surface area contributed by atoms with Crippen LogP contribution >= 0.6 is 11.3 Å². The van der Waals surface area contributed by atoms with Crippen LogP contribution in [0.3, 0.4) is 0 Å². The highest BCUT2D eigenvalue weighted by Gasteiger charge is 2.16. The average molecular weight is 396 g/mol. The largest absolute Gasteiger partial charge is 0.493 e. The normalized spacial score (nSPS) is 13.1. The van der Waals surface area contributed by atoms with Crippen molar-refractivity contribution in [3.8, 4) is 11.5 Å². The van der Waals surface area contributed by atoms with Crippen molar-refractivity contribution in [3.05, 3.63) is 62.9 Å². The fraction of sp³-hybridized carbons (Fsp3) is 0.150. The standard InChI is InChI=1S/C20H16N2O5S/c1-11(19(24)25)27-15-8-7-12(9-16(15)26-2)10-17-18(23)22-14-6-4-3-5-13(14)21-20(22)28-17/h3-11H,1-2H3,(H,24,25)/b17-10-/t11-/m1/s1. The van der Waals surface area contributed by atoms with E-state index in [1.807, 2.05) is 24.3 Å². The van der Waals surface area contributed by atoms with Crippen molar-refractivity contribution in [1.82, 2.24) is 9.38 Å². The Hall–Kier alpha value is -3.39. The lowest BCUT2D eigenvalue weighted by molar-refractivity contribution is -0.144. The summed E-state index contributed by atoms with van der Waals surface area (Å²) in [6, 6.07) is 12.6. The summed E-state index contributed by atoms with van der Waals surface area (Å²) < 4.78 is 12.9. The minimum atomic E-state index is -1.07. The molecule has 2 heterocycles. The first kappa shape index (κ1) is 18.0. The number of fused-ring (bicyclic) bond motifs is 3. The molecule has 4 aromatic rings. The van der Waals surface area contributed by atoms with Gasteiger partial charge in [0.25, 0.3) is 5.56 Å².